The molecule has 0 aliphatic carbocycles. The first kappa shape index (κ1) is 14.2. The Kier molecular flexibility index (Phi) is 5.66. The number of rotatable bonds is 7. The SMILES string of the molecule is CCC(CC)(c1ccccc1)C(COC)NC. The van der Waals surface area contributed by atoms with E-state index in [0.29, 0.717) is 6.04 Å². The summed E-state index contributed by atoms with van der Waals surface area (Å²) in [5.41, 5.74) is 1.56. The summed E-state index contributed by atoms with van der Waals surface area (Å²) in [4.78, 5) is 0. The molecule has 0 aromatic heterocycles. The Morgan fingerprint density at radius 3 is 2.18 bits per heavy atom. The fraction of sp³-hybridized carbons (Fsp3) is 0.600. The molecule has 1 aromatic rings. The van der Waals surface area contributed by atoms with E-state index >= 15 is 0 Å². The van der Waals surface area contributed by atoms with Crippen LogP contribution in [0.15, 0.2) is 30.3 Å². The minimum atomic E-state index is 0.159. The van der Waals surface area contributed by atoms with Crippen LogP contribution in [0.25, 0.3) is 0 Å². The number of methoxy groups -OCH3 is 1. The Morgan fingerprint density at radius 2 is 1.76 bits per heavy atom. The van der Waals surface area contributed by atoms with Gasteiger partial charge in [0.05, 0.1) is 6.61 Å². The number of nitrogens with one attached hydrogen (secondary N) is 1. The monoisotopic (exact) mass is 235 g/mol. The van der Waals surface area contributed by atoms with Crippen LogP contribution in [0.5, 0.6) is 0 Å². The molecule has 0 heterocycles. The maximum absolute atomic E-state index is 5.36. The molecular formula is C15H25NO. The lowest BCUT2D eigenvalue weighted by Crippen LogP contribution is -2.49. The van der Waals surface area contributed by atoms with E-state index in [1.807, 2.05) is 7.05 Å². The van der Waals surface area contributed by atoms with Crippen molar-refractivity contribution >= 4 is 0 Å². The molecular weight excluding hydrogens is 210 g/mol. The first-order valence-electron chi connectivity index (χ1n) is 6.46. The topological polar surface area (TPSA) is 21.3 Å². The van der Waals surface area contributed by atoms with Crippen molar-refractivity contribution < 1.29 is 4.74 Å². The number of hydrogen-bond acceptors (Lipinski definition) is 2. The molecule has 96 valence electrons. The van der Waals surface area contributed by atoms with Crippen molar-refractivity contribution in [3.8, 4) is 0 Å². The van der Waals surface area contributed by atoms with E-state index in [4.69, 9.17) is 4.74 Å². The lowest BCUT2D eigenvalue weighted by Gasteiger charge is -2.40. The normalized spacial score (nSPS) is 13.6. The number of hydrogen-bond donors (Lipinski definition) is 1. The van der Waals surface area contributed by atoms with Gasteiger partial charge in [-0.15, -0.1) is 0 Å². The molecule has 0 radical (unpaired) electrons. The highest BCUT2D eigenvalue weighted by molar-refractivity contribution is 5.27. The molecule has 0 aliphatic heterocycles. The average Bonchev–Trinajstić information content (AvgIpc) is 2.40. The van der Waals surface area contributed by atoms with Crippen molar-refractivity contribution in [2.45, 2.75) is 38.1 Å². The molecule has 0 saturated carbocycles. The maximum Gasteiger partial charge on any atom is 0.0624 e. The van der Waals surface area contributed by atoms with Crippen LogP contribution in [0, 0.1) is 0 Å². The summed E-state index contributed by atoms with van der Waals surface area (Å²) in [5, 5.41) is 3.42. The fourth-order valence-electron chi connectivity index (χ4n) is 2.81. The van der Waals surface area contributed by atoms with E-state index in [9.17, 15) is 0 Å². The highest BCUT2D eigenvalue weighted by atomic mass is 16.5. The minimum Gasteiger partial charge on any atom is -0.383 e. The lowest BCUT2D eigenvalue weighted by molar-refractivity contribution is 0.123. The molecule has 0 spiro atoms. The highest BCUT2D eigenvalue weighted by Crippen LogP contribution is 2.35. The smallest absolute Gasteiger partial charge is 0.0624 e. The van der Waals surface area contributed by atoms with Crippen LogP contribution in [-0.2, 0) is 10.2 Å². The Morgan fingerprint density at radius 1 is 1.18 bits per heavy atom. The van der Waals surface area contributed by atoms with Gasteiger partial charge in [-0.05, 0) is 25.5 Å². The van der Waals surface area contributed by atoms with Gasteiger partial charge in [-0.1, -0.05) is 44.2 Å². The molecule has 2 nitrogen and oxygen atoms in total. The van der Waals surface area contributed by atoms with Gasteiger partial charge in [0.15, 0.2) is 0 Å². The van der Waals surface area contributed by atoms with E-state index < -0.39 is 0 Å². The Balaban J connectivity index is 3.11. The van der Waals surface area contributed by atoms with Gasteiger partial charge in [-0.2, -0.15) is 0 Å². The van der Waals surface area contributed by atoms with Gasteiger partial charge in [0.25, 0.3) is 0 Å². The molecule has 0 amide bonds. The average molecular weight is 235 g/mol. The molecule has 1 N–H and O–H groups in total. The summed E-state index contributed by atoms with van der Waals surface area (Å²) >= 11 is 0. The van der Waals surface area contributed by atoms with E-state index in [1.165, 1.54) is 5.56 Å². The van der Waals surface area contributed by atoms with Crippen LogP contribution in [0.4, 0.5) is 0 Å². The molecule has 2 heteroatoms. The van der Waals surface area contributed by atoms with Crippen molar-refractivity contribution in [2.75, 3.05) is 20.8 Å². The van der Waals surface area contributed by atoms with Crippen LogP contribution in [0.1, 0.15) is 32.3 Å². The zero-order chi connectivity index (χ0) is 12.7. The molecule has 1 rings (SSSR count). The van der Waals surface area contributed by atoms with Crippen LogP contribution >= 0.6 is 0 Å². The van der Waals surface area contributed by atoms with E-state index in [-0.39, 0.29) is 5.41 Å². The molecule has 1 atom stereocenters. The van der Waals surface area contributed by atoms with Crippen LogP contribution in [0.3, 0.4) is 0 Å². The number of ether oxygens (including phenoxy) is 1. The van der Waals surface area contributed by atoms with Gasteiger partial charge in [0, 0.05) is 18.6 Å². The van der Waals surface area contributed by atoms with E-state index in [1.54, 1.807) is 7.11 Å². The van der Waals surface area contributed by atoms with Crippen LogP contribution < -0.4 is 5.32 Å². The third-order valence-electron chi connectivity index (χ3n) is 3.96. The maximum atomic E-state index is 5.36. The zero-order valence-corrected chi connectivity index (χ0v) is 11.5. The summed E-state index contributed by atoms with van der Waals surface area (Å²) in [6.07, 6.45) is 2.23. The van der Waals surface area contributed by atoms with Crippen molar-refractivity contribution in [3.63, 3.8) is 0 Å². The Hall–Kier alpha value is -0.860. The van der Waals surface area contributed by atoms with Gasteiger partial charge in [-0.25, -0.2) is 0 Å². The summed E-state index contributed by atoms with van der Waals surface area (Å²) in [7, 11) is 3.79. The molecule has 0 aliphatic rings. The second kappa shape index (κ2) is 6.77. The first-order chi connectivity index (χ1) is 8.25. The quantitative estimate of drug-likeness (QED) is 0.784. The Labute approximate surface area is 105 Å². The van der Waals surface area contributed by atoms with Crippen LogP contribution in [0.2, 0.25) is 0 Å². The van der Waals surface area contributed by atoms with Crippen molar-refractivity contribution in [2.24, 2.45) is 0 Å². The molecule has 0 bridgehead atoms. The third kappa shape index (κ3) is 2.88. The van der Waals surface area contributed by atoms with Crippen molar-refractivity contribution in [1.82, 2.24) is 5.32 Å². The summed E-state index contributed by atoms with van der Waals surface area (Å²) in [6.45, 7) is 5.26. The van der Waals surface area contributed by atoms with Gasteiger partial charge in [-0.3, -0.25) is 0 Å². The van der Waals surface area contributed by atoms with Crippen molar-refractivity contribution in [1.29, 1.82) is 0 Å². The zero-order valence-electron chi connectivity index (χ0n) is 11.5. The second-order valence-electron chi connectivity index (χ2n) is 4.53. The molecule has 0 saturated heterocycles. The number of likely N-dealkylation sites (N-methyl/N-ethyl adjacent to an activating group) is 1. The van der Waals surface area contributed by atoms with Gasteiger partial charge < -0.3 is 10.1 Å². The predicted octanol–water partition coefficient (Wildman–Crippen LogP) is 2.98. The number of benzene rings is 1. The van der Waals surface area contributed by atoms with Gasteiger partial charge in [0.2, 0.25) is 0 Å². The molecule has 17 heavy (non-hydrogen) atoms. The minimum absolute atomic E-state index is 0.159. The molecule has 1 aromatic carbocycles. The standard InChI is InChI=1S/C15H25NO/c1-5-15(6-2,14(16-3)12-17-4)13-10-8-7-9-11-13/h7-11,14,16H,5-6,12H2,1-4H3. The van der Waals surface area contributed by atoms with E-state index in [0.717, 1.165) is 19.4 Å². The van der Waals surface area contributed by atoms with Gasteiger partial charge in [0.1, 0.15) is 0 Å². The highest BCUT2D eigenvalue weighted by Gasteiger charge is 2.36. The predicted molar refractivity (Wildman–Crippen MR) is 73.4 cm³/mol. The third-order valence-corrected chi connectivity index (χ3v) is 3.96. The van der Waals surface area contributed by atoms with E-state index in [2.05, 4.69) is 49.5 Å². The largest absolute Gasteiger partial charge is 0.383 e. The molecule has 0 fully saturated rings. The summed E-state index contributed by atoms with van der Waals surface area (Å²) < 4.78 is 5.36. The second-order valence-corrected chi connectivity index (χ2v) is 4.53. The fourth-order valence-corrected chi connectivity index (χ4v) is 2.81. The summed E-state index contributed by atoms with van der Waals surface area (Å²) in [6, 6.07) is 11.1. The lowest BCUT2D eigenvalue weighted by atomic mass is 9.70. The van der Waals surface area contributed by atoms with Gasteiger partial charge >= 0.3 is 0 Å². The van der Waals surface area contributed by atoms with Crippen molar-refractivity contribution in [3.05, 3.63) is 35.9 Å². The molecule has 1 unspecified atom stereocenters. The summed E-state index contributed by atoms with van der Waals surface area (Å²) in [5.74, 6) is 0. The van der Waals surface area contributed by atoms with Crippen LogP contribution in [-0.4, -0.2) is 26.8 Å². The Bertz CT molecular complexity index is 306. The first-order valence-corrected chi connectivity index (χ1v) is 6.46.